The van der Waals surface area contributed by atoms with Crippen LogP contribution in [0.15, 0.2) is 53.3 Å². The van der Waals surface area contributed by atoms with Gasteiger partial charge in [0.25, 0.3) is 0 Å². The van der Waals surface area contributed by atoms with Gasteiger partial charge in [-0.25, -0.2) is 4.98 Å². The number of aromatic nitrogens is 2. The molecule has 1 aliphatic heterocycles. The average molecular weight is 448 g/mol. The minimum atomic E-state index is -2.91. The number of allylic oxidation sites excluding steroid dienone is 2. The van der Waals surface area contributed by atoms with Gasteiger partial charge in [-0.15, -0.1) is 0 Å². The zero-order valence-electron chi connectivity index (χ0n) is 19.2. The first-order valence-corrected chi connectivity index (χ1v) is 11.4. The van der Waals surface area contributed by atoms with Crippen LogP contribution in [0.2, 0.25) is 0 Å². The molecule has 1 aromatic heterocycles. The molecular formula is C27H27F2N3O. The van der Waals surface area contributed by atoms with E-state index in [0.717, 1.165) is 41.2 Å². The van der Waals surface area contributed by atoms with Crippen molar-refractivity contribution in [1.82, 2.24) is 9.97 Å². The Morgan fingerprint density at radius 1 is 0.909 bits per heavy atom. The van der Waals surface area contributed by atoms with Crippen LogP contribution in [-0.4, -0.2) is 22.3 Å². The third kappa shape index (κ3) is 3.99. The molecule has 1 aliphatic carbocycles. The summed E-state index contributed by atoms with van der Waals surface area (Å²) in [4.78, 5) is 12.5. The minimum absolute atomic E-state index is 0.154. The van der Waals surface area contributed by atoms with E-state index >= 15 is 0 Å². The van der Waals surface area contributed by atoms with Gasteiger partial charge in [-0.2, -0.15) is 8.78 Å². The van der Waals surface area contributed by atoms with Crippen molar-refractivity contribution in [3.05, 3.63) is 65.2 Å². The summed E-state index contributed by atoms with van der Waals surface area (Å²) in [6.45, 7) is 5.53. The number of benzene rings is 2. The normalized spacial score (nSPS) is 15.0. The molecule has 2 aliphatic rings. The second kappa shape index (κ2) is 8.25. The van der Waals surface area contributed by atoms with Crippen molar-refractivity contribution in [2.45, 2.75) is 53.1 Å². The molecule has 0 unspecified atom stereocenters. The van der Waals surface area contributed by atoms with Crippen LogP contribution >= 0.6 is 0 Å². The maximum Gasteiger partial charge on any atom is 0.387 e. The van der Waals surface area contributed by atoms with Crippen molar-refractivity contribution in [2.24, 2.45) is 10.9 Å². The van der Waals surface area contributed by atoms with E-state index in [-0.39, 0.29) is 11.7 Å². The molecule has 0 fully saturated rings. The highest BCUT2D eigenvalue weighted by Crippen LogP contribution is 2.43. The first kappa shape index (κ1) is 21.6. The van der Waals surface area contributed by atoms with Crippen molar-refractivity contribution >= 4 is 11.3 Å². The monoisotopic (exact) mass is 447 g/mol. The van der Waals surface area contributed by atoms with Crippen molar-refractivity contribution < 1.29 is 13.5 Å². The molecule has 1 N–H and O–H groups in total. The number of alkyl halides is 2. The summed E-state index contributed by atoms with van der Waals surface area (Å²) in [5, 5.41) is 0. The molecule has 170 valence electrons. The Morgan fingerprint density at radius 3 is 2.36 bits per heavy atom. The molecule has 6 heteroatoms. The van der Waals surface area contributed by atoms with E-state index in [1.54, 1.807) is 12.3 Å². The first-order chi connectivity index (χ1) is 15.8. The molecule has 0 radical (unpaired) electrons. The molecule has 3 aromatic rings. The molecule has 0 bridgehead atoms. The minimum Gasteiger partial charge on any atom is -0.434 e. The molecule has 0 atom stereocenters. The number of hydrogen-bond acceptors (Lipinski definition) is 3. The van der Waals surface area contributed by atoms with Crippen LogP contribution in [0, 0.1) is 5.92 Å². The third-order valence-electron chi connectivity index (χ3n) is 6.40. The Morgan fingerprint density at radius 2 is 1.67 bits per heavy atom. The van der Waals surface area contributed by atoms with E-state index in [1.165, 1.54) is 22.4 Å². The average Bonchev–Trinajstić information content (AvgIpc) is 3.47. The quantitative estimate of drug-likeness (QED) is 0.433. The van der Waals surface area contributed by atoms with E-state index < -0.39 is 6.61 Å². The number of aliphatic imine (C=N–C) groups is 1. The second-order valence-electron chi connectivity index (χ2n) is 9.33. The van der Waals surface area contributed by atoms with Gasteiger partial charge in [-0.1, -0.05) is 52.0 Å². The standard InChI is InChI=1S/C27H27F2N3O/c1-14(2)22-12-21-19-7-5-16(9-18(19)10-23(21)31-22)20-8-6-17(11-25(20)33-27(28)29)24-13-30-26(32-24)15(3)4/h5-9,11,13-15,27H,10,12H2,1-4H3,(H,30,32). The van der Waals surface area contributed by atoms with Crippen LogP contribution in [0.1, 0.15) is 57.0 Å². The number of rotatable bonds is 6. The second-order valence-corrected chi connectivity index (χ2v) is 9.33. The van der Waals surface area contributed by atoms with Gasteiger partial charge in [0.2, 0.25) is 0 Å². The molecule has 33 heavy (non-hydrogen) atoms. The van der Waals surface area contributed by atoms with Crippen LogP contribution in [0.4, 0.5) is 8.78 Å². The van der Waals surface area contributed by atoms with E-state index in [0.29, 0.717) is 11.5 Å². The van der Waals surface area contributed by atoms with Gasteiger partial charge < -0.3 is 9.72 Å². The van der Waals surface area contributed by atoms with Crippen LogP contribution in [0.25, 0.3) is 28.0 Å². The zero-order chi connectivity index (χ0) is 23.3. The predicted octanol–water partition coefficient (Wildman–Crippen LogP) is 7.24. The Balaban J connectivity index is 1.48. The Bertz CT molecular complexity index is 1280. The molecule has 0 saturated heterocycles. The third-order valence-corrected chi connectivity index (χ3v) is 6.40. The Kier molecular flexibility index (Phi) is 5.39. The summed E-state index contributed by atoms with van der Waals surface area (Å²) in [6.07, 6.45) is 3.41. The van der Waals surface area contributed by atoms with Crippen LogP contribution in [0.3, 0.4) is 0 Å². The van der Waals surface area contributed by atoms with Crippen molar-refractivity contribution in [2.75, 3.05) is 0 Å². The fraction of sp³-hybridized carbons (Fsp3) is 0.333. The van der Waals surface area contributed by atoms with E-state index in [4.69, 9.17) is 9.73 Å². The number of imidazole rings is 1. The summed E-state index contributed by atoms with van der Waals surface area (Å²) in [5.74, 6) is 1.70. The molecule has 2 aromatic carbocycles. The predicted molar refractivity (Wildman–Crippen MR) is 128 cm³/mol. The fourth-order valence-corrected chi connectivity index (χ4v) is 4.57. The summed E-state index contributed by atoms with van der Waals surface area (Å²) >= 11 is 0. The number of hydrogen-bond donors (Lipinski definition) is 1. The lowest BCUT2D eigenvalue weighted by Crippen LogP contribution is -2.05. The van der Waals surface area contributed by atoms with Crippen molar-refractivity contribution in [3.8, 4) is 28.1 Å². The summed E-state index contributed by atoms with van der Waals surface area (Å²) < 4.78 is 31.5. The Labute approximate surface area is 192 Å². The van der Waals surface area contributed by atoms with Crippen LogP contribution in [-0.2, 0) is 6.42 Å². The van der Waals surface area contributed by atoms with E-state index in [2.05, 4.69) is 35.9 Å². The topological polar surface area (TPSA) is 50.3 Å². The molecule has 4 nitrogen and oxygen atoms in total. The van der Waals surface area contributed by atoms with Gasteiger partial charge in [0.1, 0.15) is 11.6 Å². The van der Waals surface area contributed by atoms with E-state index in [9.17, 15) is 8.78 Å². The van der Waals surface area contributed by atoms with Gasteiger partial charge in [0, 0.05) is 41.3 Å². The highest BCUT2D eigenvalue weighted by Gasteiger charge is 2.28. The van der Waals surface area contributed by atoms with Crippen molar-refractivity contribution in [3.63, 3.8) is 0 Å². The van der Waals surface area contributed by atoms with Gasteiger partial charge in [-0.3, -0.25) is 4.99 Å². The molecule has 0 amide bonds. The highest BCUT2D eigenvalue weighted by atomic mass is 19.3. The van der Waals surface area contributed by atoms with Crippen molar-refractivity contribution in [1.29, 1.82) is 0 Å². The molecular weight excluding hydrogens is 420 g/mol. The number of fused-ring (bicyclic) bond motifs is 2. The van der Waals surface area contributed by atoms with Gasteiger partial charge in [-0.05, 0) is 40.3 Å². The van der Waals surface area contributed by atoms with Gasteiger partial charge in [0.15, 0.2) is 0 Å². The SMILES string of the molecule is CC(C)C1=NC2=C(C1)c1ccc(-c3ccc(-c4cnc(C(C)C)[nH]4)cc3OC(F)F)cc1C2. The summed E-state index contributed by atoms with van der Waals surface area (Å²) in [7, 11) is 0. The number of halogens is 2. The number of aromatic amines is 1. The maximum absolute atomic E-state index is 13.3. The lowest BCUT2D eigenvalue weighted by Gasteiger charge is -2.14. The maximum atomic E-state index is 13.3. The van der Waals surface area contributed by atoms with Crippen LogP contribution in [0.5, 0.6) is 5.75 Å². The largest absolute Gasteiger partial charge is 0.434 e. The Hall–Kier alpha value is -3.28. The highest BCUT2D eigenvalue weighted by molar-refractivity contribution is 6.02. The number of ether oxygens (including phenoxy) is 1. The van der Waals surface area contributed by atoms with Crippen LogP contribution < -0.4 is 4.74 Å². The lowest BCUT2D eigenvalue weighted by molar-refractivity contribution is -0.0494. The lowest BCUT2D eigenvalue weighted by atomic mass is 9.94. The molecule has 5 rings (SSSR count). The summed E-state index contributed by atoms with van der Waals surface area (Å²) in [5.41, 5.74) is 9.12. The molecule has 2 heterocycles. The van der Waals surface area contributed by atoms with Gasteiger partial charge >= 0.3 is 6.61 Å². The number of H-pyrrole nitrogens is 1. The molecule has 0 spiro atoms. The van der Waals surface area contributed by atoms with E-state index in [1.807, 2.05) is 32.0 Å². The fourth-order valence-electron chi connectivity index (χ4n) is 4.57. The zero-order valence-corrected chi connectivity index (χ0v) is 19.2. The molecule has 0 saturated carbocycles. The number of nitrogens with one attached hydrogen (secondary N) is 1. The summed E-state index contributed by atoms with van der Waals surface area (Å²) in [6, 6.07) is 11.6. The first-order valence-electron chi connectivity index (χ1n) is 11.4. The smallest absolute Gasteiger partial charge is 0.387 e. The number of nitrogens with zero attached hydrogens (tertiary/aromatic N) is 2. The van der Waals surface area contributed by atoms with Gasteiger partial charge in [0.05, 0.1) is 11.9 Å².